The van der Waals surface area contributed by atoms with Gasteiger partial charge in [-0.25, -0.2) is 0 Å². The van der Waals surface area contributed by atoms with Crippen molar-refractivity contribution >= 4 is 11.8 Å². The molecule has 2 aromatic rings. The highest BCUT2D eigenvalue weighted by molar-refractivity contribution is 5.97. The van der Waals surface area contributed by atoms with E-state index in [1.165, 1.54) is 0 Å². The van der Waals surface area contributed by atoms with Gasteiger partial charge in [0.2, 0.25) is 5.91 Å². The first-order chi connectivity index (χ1) is 10.8. The average Bonchev–Trinajstić information content (AvgIpc) is 3.24. The van der Waals surface area contributed by atoms with Crippen molar-refractivity contribution in [2.45, 2.75) is 25.4 Å². The lowest BCUT2D eigenvalue weighted by atomic mass is 10.1. The monoisotopic (exact) mass is 298 g/mol. The molecule has 2 amide bonds. The quantitative estimate of drug-likeness (QED) is 0.941. The van der Waals surface area contributed by atoms with Gasteiger partial charge in [0.25, 0.3) is 5.91 Å². The van der Waals surface area contributed by atoms with Crippen molar-refractivity contribution in [3.63, 3.8) is 0 Å². The van der Waals surface area contributed by atoms with Gasteiger partial charge in [-0.2, -0.15) is 0 Å². The van der Waals surface area contributed by atoms with Gasteiger partial charge in [0.1, 0.15) is 11.8 Å². The summed E-state index contributed by atoms with van der Waals surface area (Å²) in [4.78, 5) is 26.5. The summed E-state index contributed by atoms with van der Waals surface area (Å²) in [6, 6.07) is 12.3. The molecule has 0 bridgehead atoms. The second kappa shape index (κ2) is 6.47. The zero-order valence-electron chi connectivity index (χ0n) is 12.2. The van der Waals surface area contributed by atoms with Crippen LogP contribution in [0.5, 0.6) is 0 Å². The molecule has 0 aliphatic carbocycles. The first kappa shape index (κ1) is 14.4. The van der Waals surface area contributed by atoms with E-state index in [0.717, 1.165) is 6.42 Å². The van der Waals surface area contributed by atoms with Crippen LogP contribution in [0.15, 0.2) is 53.1 Å². The van der Waals surface area contributed by atoms with Crippen molar-refractivity contribution in [3.05, 3.63) is 60.1 Å². The highest BCUT2D eigenvalue weighted by Crippen LogP contribution is 2.20. The number of nitrogens with zero attached hydrogens (tertiary/aromatic N) is 1. The van der Waals surface area contributed by atoms with Crippen LogP contribution in [0.25, 0.3) is 0 Å². The largest absolute Gasteiger partial charge is 0.467 e. The van der Waals surface area contributed by atoms with Gasteiger partial charge in [-0.1, -0.05) is 18.2 Å². The molecule has 0 radical (unpaired) electrons. The number of furan rings is 1. The van der Waals surface area contributed by atoms with E-state index in [2.05, 4.69) is 5.32 Å². The molecular formula is C17H18N2O3. The van der Waals surface area contributed by atoms with Gasteiger partial charge >= 0.3 is 0 Å². The molecular weight excluding hydrogens is 280 g/mol. The number of benzene rings is 1. The first-order valence-corrected chi connectivity index (χ1v) is 7.42. The Morgan fingerprint density at radius 3 is 2.73 bits per heavy atom. The predicted molar refractivity (Wildman–Crippen MR) is 81.1 cm³/mol. The Morgan fingerprint density at radius 2 is 2.00 bits per heavy atom. The lowest BCUT2D eigenvalue weighted by molar-refractivity contribution is -0.125. The molecule has 1 aliphatic rings. The lowest BCUT2D eigenvalue weighted by Crippen LogP contribution is -2.45. The molecule has 114 valence electrons. The van der Waals surface area contributed by atoms with Gasteiger partial charge in [-0.3, -0.25) is 9.59 Å². The highest BCUT2D eigenvalue weighted by Gasteiger charge is 2.34. The predicted octanol–water partition coefficient (Wildman–Crippen LogP) is 2.20. The third-order valence-electron chi connectivity index (χ3n) is 3.85. The van der Waals surface area contributed by atoms with Gasteiger partial charge in [-0.05, 0) is 37.1 Å². The topological polar surface area (TPSA) is 62.6 Å². The smallest absolute Gasteiger partial charge is 0.254 e. The van der Waals surface area contributed by atoms with Crippen LogP contribution in [-0.4, -0.2) is 29.3 Å². The second-order valence-corrected chi connectivity index (χ2v) is 5.32. The van der Waals surface area contributed by atoms with Gasteiger partial charge < -0.3 is 14.6 Å². The summed E-state index contributed by atoms with van der Waals surface area (Å²) in [5.74, 6) is 0.488. The summed E-state index contributed by atoms with van der Waals surface area (Å²) in [6.07, 6.45) is 3.11. The van der Waals surface area contributed by atoms with Crippen molar-refractivity contribution < 1.29 is 14.0 Å². The Balaban J connectivity index is 1.65. The summed E-state index contributed by atoms with van der Waals surface area (Å²) >= 11 is 0. The van der Waals surface area contributed by atoms with Crippen molar-refractivity contribution in [2.24, 2.45) is 0 Å². The number of likely N-dealkylation sites (tertiary alicyclic amines) is 1. The number of nitrogens with one attached hydrogen (secondary N) is 1. The Kier molecular flexibility index (Phi) is 4.23. The van der Waals surface area contributed by atoms with Crippen molar-refractivity contribution in [2.75, 3.05) is 6.54 Å². The van der Waals surface area contributed by atoms with E-state index in [9.17, 15) is 9.59 Å². The zero-order chi connectivity index (χ0) is 15.4. The van der Waals surface area contributed by atoms with Crippen LogP contribution in [0.1, 0.15) is 29.0 Å². The van der Waals surface area contributed by atoms with Crippen LogP contribution in [0.4, 0.5) is 0 Å². The second-order valence-electron chi connectivity index (χ2n) is 5.32. The van der Waals surface area contributed by atoms with Crippen molar-refractivity contribution in [1.82, 2.24) is 10.2 Å². The van der Waals surface area contributed by atoms with Crippen LogP contribution < -0.4 is 5.32 Å². The normalized spacial score (nSPS) is 17.5. The van der Waals surface area contributed by atoms with Crippen molar-refractivity contribution in [1.29, 1.82) is 0 Å². The maximum atomic E-state index is 12.5. The summed E-state index contributed by atoms with van der Waals surface area (Å²) in [5, 5.41) is 2.84. The molecule has 0 spiro atoms. The number of hydrogen-bond donors (Lipinski definition) is 1. The Labute approximate surface area is 128 Å². The molecule has 5 heteroatoms. The number of hydrogen-bond acceptors (Lipinski definition) is 3. The molecule has 1 N–H and O–H groups in total. The van der Waals surface area contributed by atoms with Crippen LogP contribution in [-0.2, 0) is 11.3 Å². The van der Waals surface area contributed by atoms with E-state index in [0.29, 0.717) is 30.8 Å². The Hall–Kier alpha value is -2.56. The van der Waals surface area contributed by atoms with E-state index in [-0.39, 0.29) is 11.8 Å². The summed E-state index contributed by atoms with van der Waals surface area (Å²) in [5.41, 5.74) is 0.619. The van der Waals surface area contributed by atoms with Crippen molar-refractivity contribution in [3.8, 4) is 0 Å². The zero-order valence-corrected chi connectivity index (χ0v) is 12.2. The maximum Gasteiger partial charge on any atom is 0.254 e. The molecule has 2 heterocycles. The fourth-order valence-electron chi connectivity index (χ4n) is 2.73. The average molecular weight is 298 g/mol. The van der Waals surface area contributed by atoms with Gasteiger partial charge in [0.05, 0.1) is 12.8 Å². The molecule has 1 atom stereocenters. The van der Waals surface area contributed by atoms with Gasteiger partial charge in [-0.15, -0.1) is 0 Å². The molecule has 1 fully saturated rings. The van der Waals surface area contributed by atoms with Crippen LogP contribution >= 0.6 is 0 Å². The standard InChI is InChI=1S/C17H18N2O3/c20-16(18-12-14-8-5-11-22-14)15-9-4-10-19(15)17(21)13-6-2-1-3-7-13/h1-3,5-8,11,15H,4,9-10,12H2,(H,18,20). The van der Waals surface area contributed by atoms with E-state index in [4.69, 9.17) is 4.42 Å². The molecule has 22 heavy (non-hydrogen) atoms. The molecule has 3 rings (SSSR count). The minimum atomic E-state index is -0.400. The lowest BCUT2D eigenvalue weighted by Gasteiger charge is -2.23. The molecule has 1 aliphatic heterocycles. The molecule has 1 unspecified atom stereocenters. The van der Waals surface area contributed by atoms with E-state index < -0.39 is 6.04 Å². The van der Waals surface area contributed by atoms with Gasteiger partial charge in [0.15, 0.2) is 0 Å². The third kappa shape index (κ3) is 3.03. The highest BCUT2D eigenvalue weighted by atomic mass is 16.3. The SMILES string of the molecule is O=C(NCc1ccco1)C1CCCN1C(=O)c1ccccc1. The number of carbonyl (C=O) groups excluding carboxylic acids is 2. The first-order valence-electron chi connectivity index (χ1n) is 7.42. The van der Waals surface area contributed by atoms with E-state index in [1.807, 2.05) is 24.3 Å². The van der Waals surface area contributed by atoms with E-state index in [1.54, 1.807) is 29.4 Å². The maximum absolute atomic E-state index is 12.5. The molecule has 5 nitrogen and oxygen atoms in total. The molecule has 1 saturated heterocycles. The van der Waals surface area contributed by atoms with Crippen LogP contribution in [0, 0.1) is 0 Å². The number of amides is 2. The fraction of sp³-hybridized carbons (Fsp3) is 0.294. The Bertz CT molecular complexity index is 637. The summed E-state index contributed by atoms with van der Waals surface area (Å²) in [6.45, 7) is 0.961. The number of carbonyl (C=O) groups is 2. The Morgan fingerprint density at radius 1 is 1.18 bits per heavy atom. The minimum absolute atomic E-state index is 0.0868. The number of rotatable bonds is 4. The summed E-state index contributed by atoms with van der Waals surface area (Å²) < 4.78 is 5.19. The third-order valence-corrected chi connectivity index (χ3v) is 3.85. The van der Waals surface area contributed by atoms with E-state index >= 15 is 0 Å². The molecule has 0 saturated carbocycles. The van der Waals surface area contributed by atoms with Crippen LogP contribution in [0.3, 0.4) is 0 Å². The van der Waals surface area contributed by atoms with Crippen LogP contribution in [0.2, 0.25) is 0 Å². The molecule has 1 aromatic carbocycles. The summed E-state index contributed by atoms with van der Waals surface area (Å²) in [7, 11) is 0. The molecule has 1 aromatic heterocycles. The van der Waals surface area contributed by atoms with Gasteiger partial charge in [0, 0.05) is 12.1 Å². The minimum Gasteiger partial charge on any atom is -0.467 e. The fourth-order valence-corrected chi connectivity index (χ4v) is 2.73.